The largest absolute Gasteiger partial charge is 0.476 e. The molecule has 1 rings (SSSR count). The quantitative estimate of drug-likeness (QED) is 0.628. The average Bonchev–Trinajstić information content (AvgIpc) is 2.71. The van der Waals surface area contributed by atoms with Gasteiger partial charge in [-0.15, -0.1) is 0 Å². The predicted molar refractivity (Wildman–Crippen MR) is 68.8 cm³/mol. The fourth-order valence-corrected chi connectivity index (χ4v) is 2.98. The fraction of sp³-hybridized carbons (Fsp3) is 0.500. The van der Waals surface area contributed by atoms with E-state index in [1.807, 2.05) is 0 Å². The van der Waals surface area contributed by atoms with E-state index in [4.69, 9.17) is 5.11 Å². The highest BCUT2D eigenvalue weighted by atomic mass is 32.2. The Hall–Kier alpha value is -1.94. The first kappa shape index (κ1) is 16.1. The van der Waals surface area contributed by atoms with E-state index >= 15 is 0 Å². The molecule has 0 fully saturated rings. The van der Waals surface area contributed by atoms with Crippen molar-refractivity contribution in [2.24, 2.45) is 0 Å². The second-order valence-corrected chi connectivity index (χ2v) is 6.03. The number of aromatic carboxylic acids is 1. The van der Waals surface area contributed by atoms with Crippen molar-refractivity contribution in [3.05, 3.63) is 11.4 Å². The number of carbonyl (C=O) groups is 2. The molecule has 1 amide bonds. The van der Waals surface area contributed by atoms with E-state index in [9.17, 15) is 18.0 Å². The van der Waals surface area contributed by atoms with Gasteiger partial charge in [-0.25, -0.2) is 13.2 Å². The smallest absolute Gasteiger partial charge is 0.357 e. The van der Waals surface area contributed by atoms with Gasteiger partial charge in [-0.05, 0) is 13.8 Å². The number of H-pyrrole nitrogens is 1. The molecule has 9 nitrogen and oxygen atoms in total. The number of carboxylic acid groups (broad SMARTS) is 1. The standard InChI is InChI=1S/C10H16N4O5S/c1-4-11-7(15)5-14(3)20(18,19)9-6(2)12-13-8(9)10(16)17/h4-5H2,1-3H3,(H,11,15)(H,12,13)(H,16,17). The minimum absolute atomic E-state index is 0.102. The molecule has 0 saturated heterocycles. The fourth-order valence-electron chi connectivity index (χ4n) is 1.58. The Morgan fingerprint density at radius 3 is 2.55 bits per heavy atom. The van der Waals surface area contributed by atoms with Crippen molar-refractivity contribution in [1.29, 1.82) is 0 Å². The summed E-state index contributed by atoms with van der Waals surface area (Å²) in [6.45, 7) is 3.07. The van der Waals surface area contributed by atoms with Crippen molar-refractivity contribution < 1.29 is 23.1 Å². The highest BCUT2D eigenvalue weighted by molar-refractivity contribution is 7.89. The van der Waals surface area contributed by atoms with E-state index in [0.29, 0.717) is 6.54 Å². The van der Waals surface area contributed by atoms with Crippen LogP contribution in [0.2, 0.25) is 0 Å². The van der Waals surface area contributed by atoms with Crippen molar-refractivity contribution in [2.45, 2.75) is 18.7 Å². The molecule has 0 aliphatic carbocycles. The Balaban J connectivity index is 3.14. The van der Waals surface area contributed by atoms with Gasteiger partial charge in [-0.1, -0.05) is 0 Å². The van der Waals surface area contributed by atoms with Crippen LogP contribution in [0.3, 0.4) is 0 Å². The van der Waals surface area contributed by atoms with Crippen LogP contribution >= 0.6 is 0 Å². The lowest BCUT2D eigenvalue weighted by Crippen LogP contribution is -2.38. The first-order valence-electron chi connectivity index (χ1n) is 5.73. The third-order valence-electron chi connectivity index (χ3n) is 2.50. The Labute approximate surface area is 116 Å². The van der Waals surface area contributed by atoms with E-state index < -0.39 is 39.0 Å². The highest BCUT2D eigenvalue weighted by Crippen LogP contribution is 2.21. The van der Waals surface area contributed by atoms with Gasteiger partial charge in [0.2, 0.25) is 15.9 Å². The van der Waals surface area contributed by atoms with Crippen LogP contribution in [0.1, 0.15) is 23.1 Å². The molecule has 0 saturated carbocycles. The lowest BCUT2D eigenvalue weighted by atomic mass is 10.4. The van der Waals surface area contributed by atoms with E-state index in [2.05, 4.69) is 15.5 Å². The number of aromatic nitrogens is 2. The average molecular weight is 304 g/mol. The monoisotopic (exact) mass is 304 g/mol. The van der Waals surface area contributed by atoms with Gasteiger partial charge in [0, 0.05) is 13.6 Å². The molecule has 10 heteroatoms. The summed E-state index contributed by atoms with van der Waals surface area (Å²) >= 11 is 0. The molecule has 3 N–H and O–H groups in total. The van der Waals surface area contributed by atoms with E-state index in [1.165, 1.54) is 14.0 Å². The molecule has 1 aromatic heterocycles. The number of aryl methyl sites for hydroxylation is 1. The summed E-state index contributed by atoms with van der Waals surface area (Å²) in [4.78, 5) is 22.0. The van der Waals surface area contributed by atoms with Crippen LogP contribution in [0.25, 0.3) is 0 Å². The second-order valence-electron chi connectivity index (χ2n) is 4.05. The van der Waals surface area contributed by atoms with E-state index in [1.54, 1.807) is 6.92 Å². The first-order valence-corrected chi connectivity index (χ1v) is 7.17. The third kappa shape index (κ3) is 3.14. The molecule has 0 unspecified atom stereocenters. The molecular weight excluding hydrogens is 288 g/mol. The van der Waals surface area contributed by atoms with Gasteiger partial charge in [-0.3, -0.25) is 9.89 Å². The predicted octanol–water partition coefficient (Wildman–Crippen LogP) is -0.827. The minimum atomic E-state index is -4.12. The summed E-state index contributed by atoms with van der Waals surface area (Å²) in [7, 11) is -2.92. The number of hydrogen-bond donors (Lipinski definition) is 3. The molecular formula is C10H16N4O5S. The molecule has 1 aromatic rings. The first-order chi connectivity index (χ1) is 9.21. The van der Waals surface area contributed by atoms with Gasteiger partial charge >= 0.3 is 5.97 Å². The molecule has 0 atom stereocenters. The number of nitrogens with zero attached hydrogens (tertiary/aromatic N) is 2. The van der Waals surface area contributed by atoms with E-state index in [-0.39, 0.29) is 5.69 Å². The Kier molecular flexibility index (Phi) is 4.84. The summed E-state index contributed by atoms with van der Waals surface area (Å²) < 4.78 is 25.4. The molecule has 112 valence electrons. The van der Waals surface area contributed by atoms with Crippen LogP contribution in [-0.4, -0.2) is 60.0 Å². The molecule has 0 aliphatic heterocycles. The molecule has 0 spiro atoms. The normalized spacial score (nSPS) is 11.6. The van der Waals surface area contributed by atoms with Crippen LogP contribution in [-0.2, 0) is 14.8 Å². The Bertz CT molecular complexity index is 622. The number of aromatic amines is 1. The van der Waals surface area contributed by atoms with Gasteiger partial charge < -0.3 is 10.4 Å². The maximum absolute atomic E-state index is 12.3. The van der Waals surface area contributed by atoms with Crippen molar-refractivity contribution in [3.63, 3.8) is 0 Å². The third-order valence-corrected chi connectivity index (χ3v) is 4.47. The highest BCUT2D eigenvalue weighted by Gasteiger charge is 2.32. The van der Waals surface area contributed by atoms with Gasteiger partial charge in [0.25, 0.3) is 0 Å². The topological polar surface area (TPSA) is 132 Å². The number of rotatable bonds is 6. The SMILES string of the molecule is CCNC(=O)CN(C)S(=O)(=O)c1c(C(=O)O)n[nH]c1C. The number of carbonyl (C=O) groups excluding carboxylic acids is 1. The summed E-state index contributed by atoms with van der Waals surface area (Å²) in [6, 6.07) is 0. The number of amides is 1. The lowest BCUT2D eigenvalue weighted by Gasteiger charge is -2.16. The zero-order valence-corrected chi connectivity index (χ0v) is 12.1. The molecule has 20 heavy (non-hydrogen) atoms. The molecule has 0 aromatic carbocycles. The minimum Gasteiger partial charge on any atom is -0.476 e. The van der Waals surface area contributed by atoms with Gasteiger partial charge in [0.1, 0.15) is 4.90 Å². The van der Waals surface area contributed by atoms with Crippen molar-refractivity contribution >= 4 is 21.9 Å². The van der Waals surface area contributed by atoms with Crippen LogP contribution in [0, 0.1) is 6.92 Å². The van der Waals surface area contributed by atoms with Crippen molar-refractivity contribution in [1.82, 2.24) is 19.8 Å². The number of nitrogens with one attached hydrogen (secondary N) is 2. The maximum Gasteiger partial charge on any atom is 0.357 e. The number of carboxylic acids is 1. The lowest BCUT2D eigenvalue weighted by molar-refractivity contribution is -0.121. The molecule has 0 radical (unpaired) electrons. The summed E-state index contributed by atoms with van der Waals surface area (Å²) in [5.74, 6) is -1.93. The number of likely N-dealkylation sites (N-methyl/N-ethyl adjacent to an activating group) is 2. The summed E-state index contributed by atoms with van der Waals surface area (Å²) in [5.41, 5.74) is -0.490. The number of hydrogen-bond acceptors (Lipinski definition) is 5. The molecule has 0 bridgehead atoms. The second kappa shape index (κ2) is 6.01. The zero-order chi connectivity index (χ0) is 15.5. The number of sulfonamides is 1. The van der Waals surface area contributed by atoms with Crippen LogP contribution in [0.15, 0.2) is 4.90 Å². The maximum atomic E-state index is 12.3. The van der Waals surface area contributed by atoms with E-state index in [0.717, 1.165) is 4.31 Å². The summed E-state index contributed by atoms with van der Waals surface area (Å²) in [6.07, 6.45) is 0. The van der Waals surface area contributed by atoms with Gasteiger partial charge in [0.15, 0.2) is 5.69 Å². The Morgan fingerprint density at radius 1 is 1.45 bits per heavy atom. The van der Waals surface area contributed by atoms with Gasteiger partial charge in [0.05, 0.1) is 12.2 Å². The van der Waals surface area contributed by atoms with Crippen molar-refractivity contribution in [2.75, 3.05) is 20.1 Å². The van der Waals surface area contributed by atoms with Crippen LogP contribution < -0.4 is 5.32 Å². The van der Waals surface area contributed by atoms with Crippen LogP contribution in [0.5, 0.6) is 0 Å². The van der Waals surface area contributed by atoms with Gasteiger partial charge in [-0.2, -0.15) is 9.40 Å². The molecule has 1 heterocycles. The summed E-state index contributed by atoms with van der Waals surface area (Å²) in [5, 5.41) is 17.2. The van der Waals surface area contributed by atoms with Crippen molar-refractivity contribution in [3.8, 4) is 0 Å². The van der Waals surface area contributed by atoms with Crippen LogP contribution in [0.4, 0.5) is 0 Å². The Morgan fingerprint density at radius 2 is 2.05 bits per heavy atom. The molecule has 0 aliphatic rings. The zero-order valence-electron chi connectivity index (χ0n) is 11.3.